The average Bonchev–Trinajstić information content (AvgIpc) is 2.89. The van der Waals surface area contributed by atoms with Crippen LogP contribution in [0.4, 0.5) is 11.4 Å². The fourth-order valence-electron chi connectivity index (χ4n) is 4.92. The van der Waals surface area contributed by atoms with Crippen molar-refractivity contribution in [3.63, 3.8) is 0 Å². The lowest BCUT2D eigenvalue weighted by molar-refractivity contribution is -0.111. The molecule has 2 aromatic carbocycles. The van der Waals surface area contributed by atoms with Crippen LogP contribution >= 0.6 is 11.6 Å². The summed E-state index contributed by atoms with van der Waals surface area (Å²) in [5.41, 5.74) is 4.35. The molecule has 1 amide bonds. The Kier molecular flexibility index (Phi) is 9.26. The second-order valence-electron chi connectivity index (χ2n) is 9.67. The van der Waals surface area contributed by atoms with Gasteiger partial charge in [-0.1, -0.05) is 24.8 Å². The van der Waals surface area contributed by atoms with E-state index in [1.54, 1.807) is 7.11 Å². The van der Waals surface area contributed by atoms with E-state index in [1.165, 1.54) is 22.9 Å². The first kappa shape index (κ1) is 26.5. The largest absolute Gasteiger partial charge is 0.496 e. The first-order valence-corrected chi connectivity index (χ1v) is 13.1. The Labute approximate surface area is 219 Å². The van der Waals surface area contributed by atoms with Crippen molar-refractivity contribution in [2.45, 2.75) is 36.8 Å². The minimum absolute atomic E-state index is 0.00593. The van der Waals surface area contributed by atoms with Crippen molar-refractivity contribution in [1.29, 1.82) is 0 Å². The molecule has 4 rings (SSSR count). The highest BCUT2D eigenvalue weighted by Crippen LogP contribution is 2.28. The smallest absolute Gasteiger partial charge is 0.247 e. The molecule has 7 nitrogen and oxygen atoms in total. The number of hydrogen-bond acceptors (Lipinski definition) is 6. The summed E-state index contributed by atoms with van der Waals surface area (Å²) in [4.78, 5) is 16.4. The van der Waals surface area contributed by atoms with E-state index in [1.807, 2.05) is 18.2 Å². The summed E-state index contributed by atoms with van der Waals surface area (Å²) in [5, 5.41) is 10.1. The molecule has 36 heavy (non-hydrogen) atoms. The van der Waals surface area contributed by atoms with Crippen molar-refractivity contribution in [3.05, 3.63) is 66.2 Å². The van der Waals surface area contributed by atoms with Crippen LogP contribution in [-0.2, 0) is 17.6 Å². The lowest BCUT2D eigenvalue weighted by Crippen LogP contribution is -2.60. The zero-order valence-corrected chi connectivity index (χ0v) is 22.1. The highest BCUT2D eigenvalue weighted by atomic mass is 35.5. The molecule has 2 saturated heterocycles. The standard InChI is InChI=1S/C28H38ClN5O2/c1-4-28(35)31-22-7-5-6-20(16-22)8-11-25-24(29)19-30-27(32-25)17-21-9-10-23(18-26(21)36-3)34-14-12-33(2)13-15-34/h4-7,9-10,16,18,24-25,27,30,32H,1,8,11-15,17,19H2,2-3H3,(H,31,35). The Hall–Kier alpha value is -2.58. The van der Waals surface area contributed by atoms with Gasteiger partial charge in [-0.2, -0.15) is 0 Å². The number of halogens is 1. The summed E-state index contributed by atoms with van der Waals surface area (Å²) in [7, 11) is 3.92. The van der Waals surface area contributed by atoms with E-state index >= 15 is 0 Å². The topological polar surface area (TPSA) is 68.9 Å². The van der Waals surface area contributed by atoms with Crippen LogP contribution in [0.25, 0.3) is 0 Å². The van der Waals surface area contributed by atoms with Gasteiger partial charge in [0.15, 0.2) is 0 Å². The summed E-state index contributed by atoms with van der Waals surface area (Å²) in [6.07, 6.45) is 3.99. The molecule has 0 spiro atoms. The lowest BCUT2D eigenvalue weighted by atomic mass is 9.98. The molecule has 3 atom stereocenters. The van der Waals surface area contributed by atoms with E-state index in [-0.39, 0.29) is 23.5 Å². The van der Waals surface area contributed by atoms with Gasteiger partial charge in [0.25, 0.3) is 0 Å². The molecule has 2 fully saturated rings. The summed E-state index contributed by atoms with van der Waals surface area (Å²) in [5.74, 6) is 0.723. The highest BCUT2D eigenvalue weighted by Gasteiger charge is 2.28. The first-order chi connectivity index (χ1) is 17.4. The quantitative estimate of drug-likeness (QED) is 0.355. The summed E-state index contributed by atoms with van der Waals surface area (Å²) >= 11 is 6.68. The van der Waals surface area contributed by atoms with Gasteiger partial charge in [0.2, 0.25) is 5.91 Å². The Bertz CT molecular complexity index is 1040. The number of rotatable bonds is 9. The van der Waals surface area contributed by atoms with Crippen molar-refractivity contribution < 1.29 is 9.53 Å². The van der Waals surface area contributed by atoms with Crippen LogP contribution in [0.15, 0.2) is 55.1 Å². The Balaban J connectivity index is 1.35. The number of nitrogens with zero attached hydrogens (tertiary/aromatic N) is 2. The molecule has 0 saturated carbocycles. The van der Waals surface area contributed by atoms with Gasteiger partial charge in [-0.3, -0.25) is 10.1 Å². The molecule has 3 N–H and O–H groups in total. The van der Waals surface area contributed by atoms with Crippen molar-refractivity contribution in [1.82, 2.24) is 15.5 Å². The van der Waals surface area contributed by atoms with E-state index < -0.39 is 0 Å². The summed E-state index contributed by atoms with van der Waals surface area (Å²) in [6.45, 7) is 8.49. The number of nitrogens with one attached hydrogen (secondary N) is 3. The minimum atomic E-state index is -0.206. The van der Waals surface area contributed by atoms with Crippen molar-refractivity contribution in [3.8, 4) is 5.75 Å². The summed E-state index contributed by atoms with van der Waals surface area (Å²) in [6, 6.07) is 14.7. The van der Waals surface area contributed by atoms with Gasteiger partial charge in [0.05, 0.1) is 18.7 Å². The predicted octanol–water partition coefficient (Wildman–Crippen LogP) is 3.24. The normalized spacial score (nSPS) is 22.8. The molecular formula is C28H38ClN5O2. The molecule has 0 aromatic heterocycles. The van der Waals surface area contributed by atoms with Gasteiger partial charge in [-0.25, -0.2) is 0 Å². The highest BCUT2D eigenvalue weighted by molar-refractivity contribution is 6.21. The number of methoxy groups -OCH3 is 1. The van der Waals surface area contributed by atoms with Crippen LogP contribution in [0.3, 0.4) is 0 Å². The van der Waals surface area contributed by atoms with Crippen LogP contribution < -0.4 is 25.6 Å². The average molecular weight is 512 g/mol. The van der Waals surface area contributed by atoms with Crippen molar-refractivity contribution >= 4 is 28.9 Å². The maximum Gasteiger partial charge on any atom is 0.247 e. The Morgan fingerprint density at radius 3 is 2.78 bits per heavy atom. The van der Waals surface area contributed by atoms with Gasteiger partial charge in [-0.05, 0) is 55.3 Å². The third-order valence-corrected chi connectivity index (χ3v) is 7.56. The molecule has 2 aliphatic rings. The number of amides is 1. The SMILES string of the molecule is C=CC(=O)Nc1cccc(CCC2NC(Cc3ccc(N4CCN(C)CC4)cc3OC)NCC2Cl)c1. The number of piperazine rings is 1. The number of aryl methyl sites for hydroxylation is 1. The maximum absolute atomic E-state index is 11.6. The van der Waals surface area contributed by atoms with Crippen molar-refractivity contribution in [2.24, 2.45) is 0 Å². The van der Waals surface area contributed by atoms with Crippen LogP contribution in [0.1, 0.15) is 17.5 Å². The lowest BCUT2D eigenvalue weighted by Gasteiger charge is -2.36. The molecule has 194 valence electrons. The number of carbonyl (C=O) groups excluding carboxylic acids is 1. The van der Waals surface area contributed by atoms with E-state index in [2.05, 4.69) is 63.6 Å². The van der Waals surface area contributed by atoms with Gasteiger partial charge in [0, 0.05) is 62.6 Å². The second kappa shape index (κ2) is 12.6. The molecule has 2 heterocycles. The number of hydrogen-bond donors (Lipinski definition) is 3. The number of ether oxygens (including phenoxy) is 1. The fraction of sp³-hybridized carbons (Fsp3) is 0.464. The van der Waals surface area contributed by atoms with Crippen LogP contribution in [0.2, 0.25) is 0 Å². The van der Waals surface area contributed by atoms with Crippen molar-refractivity contribution in [2.75, 3.05) is 57.1 Å². The first-order valence-electron chi connectivity index (χ1n) is 12.7. The number of likely N-dealkylation sites (N-methyl/N-ethyl adjacent to an activating group) is 1. The van der Waals surface area contributed by atoms with E-state index in [4.69, 9.17) is 16.3 Å². The molecule has 0 radical (unpaired) electrons. The molecule has 2 aromatic rings. The van der Waals surface area contributed by atoms with Gasteiger partial charge < -0.3 is 25.2 Å². The molecule has 2 aliphatic heterocycles. The Morgan fingerprint density at radius 1 is 1.22 bits per heavy atom. The molecule has 0 bridgehead atoms. The number of benzene rings is 2. The van der Waals surface area contributed by atoms with Gasteiger partial charge in [-0.15, -0.1) is 11.6 Å². The van der Waals surface area contributed by atoms with Crippen LogP contribution in [0, 0.1) is 0 Å². The molecule has 0 aliphatic carbocycles. The fourth-order valence-corrected chi connectivity index (χ4v) is 5.21. The minimum Gasteiger partial charge on any atom is -0.496 e. The number of alkyl halides is 1. The molecular weight excluding hydrogens is 474 g/mol. The molecule has 8 heteroatoms. The number of anilines is 2. The van der Waals surface area contributed by atoms with Crippen LogP contribution in [-0.4, -0.2) is 75.3 Å². The second-order valence-corrected chi connectivity index (χ2v) is 10.2. The maximum atomic E-state index is 11.6. The van der Waals surface area contributed by atoms with E-state index in [9.17, 15) is 4.79 Å². The zero-order valence-electron chi connectivity index (χ0n) is 21.3. The Morgan fingerprint density at radius 2 is 2.03 bits per heavy atom. The monoisotopic (exact) mass is 511 g/mol. The van der Waals surface area contributed by atoms with Gasteiger partial charge in [0.1, 0.15) is 5.75 Å². The third kappa shape index (κ3) is 7.01. The van der Waals surface area contributed by atoms with E-state index in [0.717, 1.165) is 63.4 Å². The summed E-state index contributed by atoms with van der Waals surface area (Å²) < 4.78 is 5.78. The number of carbonyl (C=O) groups is 1. The third-order valence-electron chi connectivity index (χ3n) is 7.10. The molecule has 3 unspecified atom stereocenters. The van der Waals surface area contributed by atoms with E-state index in [0.29, 0.717) is 0 Å². The van der Waals surface area contributed by atoms with Gasteiger partial charge >= 0.3 is 0 Å². The zero-order chi connectivity index (χ0) is 25.5. The predicted molar refractivity (Wildman–Crippen MR) is 148 cm³/mol. The van der Waals surface area contributed by atoms with Crippen LogP contribution in [0.5, 0.6) is 5.75 Å².